The smallest absolute Gasteiger partial charge is 0.192 e. The van der Waals surface area contributed by atoms with Gasteiger partial charge in [0.05, 0.1) is 6.54 Å². The van der Waals surface area contributed by atoms with Crippen LogP contribution < -0.4 is 11.0 Å². The minimum Gasteiger partial charge on any atom is -0.691 e. The van der Waals surface area contributed by atoms with Crippen LogP contribution in [0, 0.1) is 0 Å². The standard InChI is InChI=1S/C2H7NO4S/c3-1-2-8(5)7-6-4/h4H,1-3H2. The Morgan fingerprint density at radius 3 is 2.75 bits per heavy atom. The topological polar surface area (TPSA) is 86.2 Å². The first-order valence-electron chi connectivity index (χ1n) is 1.96. The molecule has 6 heteroatoms. The summed E-state index contributed by atoms with van der Waals surface area (Å²) in [6.45, 7) is 0.454. The summed E-state index contributed by atoms with van der Waals surface area (Å²) in [6.07, 6.45) is 0. The lowest BCUT2D eigenvalue weighted by molar-refractivity contribution is -0.778. The van der Waals surface area contributed by atoms with Crippen molar-refractivity contribution in [3.8, 4) is 0 Å². The van der Waals surface area contributed by atoms with Gasteiger partial charge in [-0.25, -0.2) is 4.21 Å². The summed E-state index contributed by atoms with van der Waals surface area (Å²) >= 11 is -1.62. The summed E-state index contributed by atoms with van der Waals surface area (Å²) in [5, 5.41) is 12.0. The lowest BCUT2D eigenvalue weighted by Gasteiger charge is -2.00. The van der Waals surface area contributed by atoms with E-state index in [0.29, 0.717) is 6.54 Å². The molecule has 0 aromatic rings. The van der Waals surface area contributed by atoms with E-state index in [1.165, 1.54) is 0 Å². The maximum atomic E-state index is 10.2. The zero-order chi connectivity index (χ0) is 6.41. The molecular weight excluding hydrogens is 134 g/mol. The summed E-state index contributed by atoms with van der Waals surface area (Å²) < 4.78 is 13.8. The fourth-order valence-corrected chi connectivity index (χ4v) is 0.549. The highest BCUT2D eigenvalue weighted by Crippen LogP contribution is 1.79. The molecule has 0 aliphatic carbocycles. The number of quaternary nitrogens is 1. The van der Waals surface area contributed by atoms with E-state index in [1.54, 1.807) is 0 Å². The first-order chi connectivity index (χ1) is 3.81. The second kappa shape index (κ2) is 5.13. The van der Waals surface area contributed by atoms with E-state index in [2.05, 4.69) is 15.1 Å². The van der Waals surface area contributed by atoms with Crippen molar-refractivity contribution in [1.82, 2.24) is 0 Å². The molecule has 0 heterocycles. The van der Waals surface area contributed by atoms with Crippen molar-refractivity contribution >= 4 is 11.1 Å². The summed E-state index contributed by atoms with van der Waals surface area (Å²) in [4.78, 5) is 0. The Kier molecular flexibility index (Phi) is 5.13. The van der Waals surface area contributed by atoms with Crippen molar-refractivity contribution in [3.63, 3.8) is 0 Å². The molecule has 0 fully saturated rings. The van der Waals surface area contributed by atoms with Gasteiger partial charge in [-0.15, -0.1) is 4.33 Å². The average Bonchev–Trinajstić information content (AvgIpc) is 1.68. The first-order valence-corrected chi connectivity index (χ1v) is 3.20. The maximum Gasteiger partial charge on any atom is 0.192 e. The Bertz CT molecular complexity index is 68.4. The quantitative estimate of drug-likeness (QED) is 0.336. The van der Waals surface area contributed by atoms with Gasteiger partial charge in [-0.2, -0.15) is 0 Å². The second-order valence-electron chi connectivity index (χ2n) is 0.998. The van der Waals surface area contributed by atoms with Crippen LogP contribution in [0.4, 0.5) is 0 Å². The summed E-state index contributed by atoms with van der Waals surface area (Å²) in [5.41, 5.74) is 3.38. The molecule has 1 atom stereocenters. The lowest BCUT2D eigenvalue weighted by Crippen LogP contribution is -2.52. The Labute approximate surface area is 48.9 Å². The highest BCUT2D eigenvalue weighted by molar-refractivity contribution is 7.80. The van der Waals surface area contributed by atoms with Crippen LogP contribution in [0.5, 0.6) is 0 Å². The first kappa shape index (κ1) is 7.99. The van der Waals surface area contributed by atoms with Gasteiger partial charge in [0.15, 0.2) is 11.1 Å². The molecule has 50 valence electrons. The predicted molar refractivity (Wildman–Crippen MR) is 22.9 cm³/mol. The maximum absolute atomic E-state index is 10.2. The molecule has 0 bridgehead atoms. The van der Waals surface area contributed by atoms with Gasteiger partial charge in [-0.05, 0) is 0 Å². The number of hydrogen-bond acceptors (Lipinski definition) is 4. The molecule has 0 spiro atoms. The lowest BCUT2D eigenvalue weighted by atomic mass is 10.8. The van der Waals surface area contributed by atoms with E-state index in [9.17, 15) is 4.21 Å². The Hall–Kier alpha value is -0.0100. The SMILES string of the molecule is [NH3+]CCS(=O)OO[O-]. The third kappa shape index (κ3) is 4.16. The fourth-order valence-electron chi connectivity index (χ4n) is 0.183. The van der Waals surface area contributed by atoms with Crippen LogP contribution in [0.2, 0.25) is 0 Å². The molecule has 8 heavy (non-hydrogen) atoms. The third-order valence-corrected chi connectivity index (χ3v) is 1.24. The van der Waals surface area contributed by atoms with Gasteiger partial charge >= 0.3 is 0 Å². The van der Waals surface area contributed by atoms with Crippen molar-refractivity contribution in [2.75, 3.05) is 12.3 Å². The molecule has 0 aromatic heterocycles. The molecule has 5 nitrogen and oxygen atoms in total. The molecule has 3 N–H and O–H groups in total. The molecule has 0 aliphatic rings. The third-order valence-electron chi connectivity index (χ3n) is 0.415. The molecule has 0 aliphatic heterocycles. The zero-order valence-corrected chi connectivity index (χ0v) is 4.98. The van der Waals surface area contributed by atoms with Gasteiger partial charge in [0.2, 0.25) is 0 Å². The molecule has 0 radical (unpaired) electrons. The minimum atomic E-state index is -1.62. The van der Waals surface area contributed by atoms with Crippen LogP contribution >= 0.6 is 0 Å². The zero-order valence-electron chi connectivity index (χ0n) is 4.16. The molecule has 0 aromatic carbocycles. The number of hydrogen-bond donors (Lipinski definition) is 1. The van der Waals surface area contributed by atoms with Gasteiger partial charge in [0.25, 0.3) is 0 Å². The van der Waals surface area contributed by atoms with Gasteiger partial charge in [0, 0.05) is 0 Å². The van der Waals surface area contributed by atoms with Crippen LogP contribution in [0.3, 0.4) is 0 Å². The second-order valence-corrected chi connectivity index (χ2v) is 2.15. The minimum absolute atomic E-state index is 0.224. The normalized spacial score (nSPS) is 13.8. The molecular formula is C2H7NO4S. The molecule has 0 rings (SSSR count). The van der Waals surface area contributed by atoms with Crippen molar-refractivity contribution < 1.29 is 24.6 Å². The highest BCUT2D eigenvalue weighted by Gasteiger charge is 1.95. The van der Waals surface area contributed by atoms with Crippen LogP contribution in [-0.4, -0.2) is 16.5 Å². The van der Waals surface area contributed by atoms with Crippen molar-refractivity contribution in [1.29, 1.82) is 0 Å². The van der Waals surface area contributed by atoms with Crippen molar-refractivity contribution in [3.05, 3.63) is 0 Å². The van der Waals surface area contributed by atoms with Gasteiger partial charge in [-0.1, -0.05) is 0 Å². The Balaban J connectivity index is 3.06. The molecule has 0 amide bonds. The van der Waals surface area contributed by atoms with E-state index < -0.39 is 11.1 Å². The summed E-state index contributed by atoms with van der Waals surface area (Å²) in [6, 6.07) is 0. The monoisotopic (exact) mass is 141 g/mol. The van der Waals surface area contributed by atoms with E-state index in [1.807, 2.05) is 0 Å². The van der Waals surface area contributed by atoms with Gasteiger partial charge in [-0.3, -0.25) is 5.04 Å². The average molecular weight is 141 g/mol. The van der Waals surface area contributed by atoms with E-state index in [4.69, 9.17) is 5.26 Å². The number of rotatable bonds is 4. The van der Waals surface area contributed by atoms with E-state index >= 15 is 0 Å². The van der Waals surface area contributed by atoms with Crippen molar-refractivity contribution in [2.24, 2.45) is 0 Å². The molecule has 0 saturated heterocycles. The van der Waals surface area contributed by atoms with Gasteiger partial charge < -0.3 is 11.0 Å². The van der Waals surface area contributed by atoms with Gasteiger partial charge in [0.1, 0.15) is 5.75 Å². The largest absolute Gasteiger partial charge is 0.691 e. The fraction of sp³-hybridized carbons (Fsp3) is 1.00. The summed E-state index contributed by atoms with van der Waals surface area (Å²) in [5.74, 6) is 0.224. The molecule has 0 saturated carbocycles. The van der Waals surface area contributed by atoms with Crippen LogP contribution in [0.25, 0.3) is 0 Å². The van der Waals surface area contributed by atoms with E-state index in [-0.39, 0.29) is 5.75 Å². The highest BCUT2D eigenvalue weighted by atomic mass is 32.2. The van der Waals surface area contributed by atoms with Crippen LogP contribution in [0.15, 0.2) is 0 Å². The predicted octanol–water partition coefficient (Wildman–Crippen LogP) is -2.88. The van der Waals surface area contributed by atoms with Crippen LogP contribution in [-0.2, 0) is 20.5 Å². The Morgan fingerprint density at radius 2 is 2.38 bits per heavy atom. The summed E-state index contributed by atoms with van der Waals surface area (Å²) in [7, 11) is 0. The molecule has 1 unspecified atom stereocenters. The Morgan fingerprint density at radius 1 is 1.75 bits per heavy atom. The van der Waals surface area contributed by atoms with E-state index in [0.717, 1.165) is 0 Å². The van der Waals surface area contributed by atoms with Crippen molar-refractivity contribution in [2.45, 2.75) is 0 Å². The van der Waals surface area contributed by atoms with Crippen LogP contribution in [0.1, 0.15) is 0 Å².